The van der Waals surface area contributed by atoms with Gasteiger partial charge < -0.3 is 5.73 Å². The smallest absolute Gasteiger partial charge is 0.206 e. The summed E-state index contributed by atoms with van der Waals surface area (Å²) in [7, 11) is 0. The molecule has 0 amide bonds. The summed E-state index contributed by atoms with van der Waals surface area (Å²) in [6, 6.07) is 7.19. The monoisotopic (exact) mass is 218 g/mol. The molecule has 6 nitrogen and oxygen atoms in total. The molecule has 2 N–H and O–H groups in total. The van der Waals surface area contributed by atoms with Gasteiger partial charge in [-0.1, -0.05) is 28.9 Å². The summed E-state index contributed by atoms with van der Waals surface area (Å²) in [5.41, 5.74) is 7.14. The molecule has 1 heterocycles. The maximum Gasteiger partial charge on any atom is 0.206 e. The summed E-state index contributed by atoms with van der Waals surface area (Å²) in [6.07, 6.45) is 2.71. The zero-order valence-electron chi connectivity index (χ0n) is 8.41. The molecule has 0 unspecified atom stereocenters. The van der Waals surface area contributed by atoms with E-state index in [2.05, 4.69) is 4.98 Å². The Kier molecular flexibility index (Phi) is 2.65. The van der Waals surface area contributed by atoms with Crippen LogP contribution in [-0.2, 0) is 6.54 Å². The van der Waals surface area contributed by atoms with Crippen molar-refractivity contribution < 1.29 is 5.03 Å². The highest BCUT2D eigenvalue weighted by atomic mass is 16.7. The molecule has 2 rings (SSSR count). The first-order valence-electron chi connectivity index (χ1n) is 4.70. The van der Waals surface area contributed by atoms with Crippen LogP contribution in [0, 0.1) is 10.1 Å². The average Bonchev–Trinajstić information content (AvgIpc) is 2.78. The Morgan fingerprint density at radius 2 is 2.06 bits per heavy atom. The molecular weight excluding hydrogens is 208 g/mol. The molecular formula is C10H10N4O2. The van der Waals surface area contributed by atoms with E-state index in [-0.39, 0.29) is 0 Å². The second-order valence-electron chi connectivity index (χ2n) is 3.23. The first-order valence-corrected chi connectivity index (χ1v) is 4.70. The Labute approximate surface area is 91.5 Å². The van der Waals surface area contributed by atoms with Gasteiger partial charge in [-0.05, 0) is 5.56 Å². The zero-order valence-corrected chi connectivity index (χ0v) is 8.41. The molecule has 6 heteroatoms. The molecule has 0 saturated carbocycles. The minimum absolute atomic E-state index is 0.313. The lowest BCUT2D eigenvalue weighted by molar-refractivity contribution is -0.540. The van der Waals surface area contributed by atoms with Crippen molar-refractivity contribution in [3.63, 3.8) is 0 Å². The normalized spacial score (nSPS) is 10.3. The van der Waals surface area contributed by atoms with E-state index < -0.39 is 5.03 Å². The topological polar surface area (TPSA) is 87.0 Å². The number of rotatable bonds is 3. The molecule has 2 aromatic rings. The quantitative estimate of drug-likeness (QED) is 0.616. The number of nitro groups is 1. The highest BCUT2D eigenvalue weighted by molar-refractivity contribution is 5.55. The minimum atomic E-state index is -0.515. The Bertz CT molecular complexity index is 504. The van der Waals surface area contributed by atoms with E-state index in [0.717, 1.165) is 10.2 Å². The first kappa shape index (κ1) is 10.3. The fourth-order valence-corrected chi connectivity index (χ4v) is 1.43. The van der Waals surface area contributed by atoms with E-state index in [4.69, 9.17) is 5.73 Å². The third kappa shape index (κ3) is 1.78. The molecule has 82 valence electrons. The van der Waals surface area contributed by atoms with Gasteiger partial charge in [0.1, 0.15) is 0 Å². The van der Waals surface area contributed by atoms with Crippen molar-refractivity contribution in [2.75, 3.05) is 0 Å². The largest absolute Gasteiger partial charge is 0.326 e. The Hall–Kier alpha value is -2.21. The van der Waals surface area contributed by atoms with Gasteiger partial charge in [-0.25, -0.2) is 15.1 Å². The molecule has 0 radical (unpaired) electrons. The van der Waals surface area contributed by atoms with Crippen LogP contribution < -0.4 is 5.73 Å². The van der Waals surface area contributed by atoms with Crippen LogP contribution in [0.2, 0.25) is 0 Å². The molecule has 0 bridgehead atoms. The lowest BCUT2D eigenvalue weighted by Crippen LogP contribution is -2.08. The van der Waals surface area contributed by atoms with Gasteiger partial charge in [-0.15, -0.1) is 0 Å². The van der Waals surface area contributed by atoms with E-state index in [1.54, 1.807) is 12.1 Å². The maximum absolute atomic E-state index is 10.7. The summed E-state index contributed by atoms with van der Waals surface area (Å²) in [6.45, 7) is 0.448. The van der Waals surface area contributed by atoms with Crippen molar-refractivity contribution in [3.8, 4) is 11.4 Å². The second kappa shape index (κ2) is 4.11. The van der Waals surface area contributed by atoms with Gasteiger partial charge >= 0.3 is 0 Å². The van der Waals surface area contributed by atoms with Crippen molar-refractivity contribution in [2.24, 2.45) is 5.73 Å². The van der Waals surface area contributed by atoms with Crippen LogP contribution in [0.4, 0.5) is 0 Å². The fraction of sp³-hybridized carbons (Fsp3) is 0.100. The van der Waals surface area contributed by atoms with E-state index in [1.807, 2.05) is 12.1 Å². The van der Waals surface area contributed by atoms with Gasteiger partial charge in [-0.3, -0.25) is 0 Å². The molecule has 0 fully saturated rings. The summed E-state index contributed by atoms with van der Waals surface area (Å²) in [4.78, 5) is 14.6. The molecule has 0 spiro atoms. The van der Waals surface area contributed by atoms with E-state index in [9.17, 15) is 10.1 Å². The molecule has 16 heavy (non-hydrogen) atoms. The molecule has 0 atom stereocenters. The van der Waals surface area contributed by atoms with Gasteiger partial charge in [0, 0.05) is 12.1 Å². The predicted molar refractivity (Wildman–Crippen MR) is 57.9 cm³/mol. The van der Waals surface area contributed by atoms with Crippen molar-refractivity contribution >= 4 is 0 Å². The Morgan fingerprint density at radius 1 is 1.38 bits per heavy atom. The highest BCUT2D eigenvalue weighted by Crippen LogP contribution is 2.17. The molecule has 1 aromatic carbocycles. The van der Waals surface area contributed by atoms with Gasteiger partial charge in [0.25, 0.3) is 0 Å². The number of nitrogens with zero attached hydrogens (tertiary/aromatic N) is 3. The molecule has 1 aromatic heterocycles. The van der Waals surface area contributed by atoms with Gasteiger partial charge in [0.2, 0.25) is 5.82 Å². The van der Waals surface area contributed by atoms with Crippen LogP contribution >= 0.6 is 0 Å². The number of hydrogen-bond acceptors (Lipinski definition) is 4. The van der Waals surface area contributed by atoms with E-state index in [0.29, 0.717) is 17.9 Å². The Balaban J connectivity index is 2.42. The zero-order chi connectivity index (χ0) is 11.5. The van der Waals surface area contributed by atoms with Crippen LogP contribution in [0.3, 0.4) is 0 Å². The van der Waals surface area contributed by atoms with E-state index >= 15 is 0 Å². The lowest BCUT2D eigenvalue weighted by atomic mass is 10.1. The van der Waals surface area contributed by atoms with Crippen molar-refractivity contribution in [3.05, 3.63) is 52.3 Å². The van der Waals surface area contributed by atoms with Crippen LogP contribution in [0.5, 0.6) is 0 Å². The van der Waals surface area contributed by atoms with Crippen molar-refractivity contribution in [2.45, 2.75) is 6.54 Å². The number of aromatic nitrogens is 2. The van der Waals surface area contributed by atoms with Gasteiger partial charge in [0.05, 0.1) is 12.4 Å². The Morgan fingerprint density at radius 3 is 2.62 bits per heavy atom. The minimum Gasteiger partial charge on any atom is -0.326 e. The van der Waals surface area contributed by atoms with Crippen molar-refractivity contribution in [1.29, 1.82) is 0 Å². The molecule has 0 aliphatic heterocycles. The summed E-state index contributed by atoms with van der Waals surface area (Å²) >= 11 is 0. The van der Waals surface area contributed by atoms with Crippen molar-refractivity contribution in [1.82, 2.24) is 9.66 Å². The first-order chi connectivity index (χ1) is 7.72. The third-order valence-electron chi connectivity index (χ3n) is 2.25. The lowest BCUT2D eigenvalue weighted by Gasteiger charge is -2.00. The van der Waals surface area contributed by atoms with Crippen LogP contribution in [-0.4, -0.2) is 14.7 Å². The summed E-state index contributed by atoms with van der Waals surface area (Å²) in [5.74, 6) is 0.313. The standard InChI is InChI=1S/C10H10N4O2/c11-7-8-1-3-9(4-2-8)10-12-5-6-13(10)14(15)16/h1-6H,7,11H2. The van der Waals surface area contributed by atoms with Gasteiger partial charge in [0.15, 0.2) is 5.03 Å². The molecule has 0 saturated heterocycles. The van der Waals surface area contributed by atoms with Crippen LogP contribution in [0.25, 0.3) is 11.4 Å². The third-order valence-corrected chi connectivity index (χ3v) is 2.25. The summed E-state index contributed by atoms with van der Waals surface area (Å²) < 4.78 is 0.886. The van der Waals surface area contributed by atoms with Crippen LogP contribution in [0.15, 0.2) is 36.7 Å². The number of nitrogens with two attached hydrogens (primary N) is 1. The molecule has 0 aliphatic rings. The maximum atomic E-state index is 10.7. The fourth-order valence-electron chi connectivity index (χ4n) is 1.43. The highest BCUT2D eigenvalue weighted by Gasteiger charge is 2.12. The SMILES string of the molecule is NCc1ccc(-c2nccn2[N+](=O)[O-])cc1. The van der Waals surface area contributed by atoms with Crippen LogP contribution in [0.1, 0.15) is 5.56 Å². The number of imidazole rings is 1. The summed E-state index contributed by atoms with van der Waals surface area (Å²) in [5, 5.41) is 10.2. The second-order valence-corrected chi connectivity index (χ2v) is 3.23. The molecule has 0 aliphatic carbocycles. The average molecular weight is 218 g/mol. The number of hydrogen-bond donors (Lipinski definition) is 1. The number of benzene rings is 1. The van der Waals surface area contributed by atoms with Gasteiger partial charge in [-0.2, -0.15) is 0 Å². The predicted octanol–water partition coefficient (Wildman–Crippen LogP) is 1.05. The van der Waals surface area contributed by atoms with E-state index in [1.165, 1.54) is 12.4 Å².